The molecule has 0 bridgehead atoms. The normalized spacial score (nSPS) is 11.8. The van der Waals surface area contributed by atoms with Crippen molar-refractivity contribution in [1.82, 2.24) is 4.48 Å². The summed E-state index contributed by atoms with van der Waals surface area (Å²) in [5, 5.41) is 2.71. The van der Waals surface area contributed by atoms with Gasteiger partial charge in [0.1, 0.15) is 12.2 Å². The summed E-state index contributed by atoms with van der Waals surface area (Å²) >= 11 is 0. The van der Waals surface area contributed by atoms with Crippen LogP contribution in [0.1, 0.15) is 70.8 Å². The van der Waals surface area contributed by atoms with Gasteiger partial charge in [0.2, 0.25) is 0 Å². The molecule has 0 N–H and O–H groups in total. The van der Waals surface area contributed by atoms with Crippen LogP contribution >= 0.6 is 0 Å². The molecule has 0 aliphatic rings. The van der Waals surface area contributed by atoms with Crippen molar-refractivity contribution < 1.29 is 0 Å². The molecule has 0 fully saturated rings. The molecule has 1 nitrogen and oxygen atoms in total. The van der Waals surface area contributed by atoms with Crippen LogP contribution in [0.3, 0.4) is 0 Å². The van der Waals surface area contributed by atoms with E-state index in [9.17, 15) is 0 Å². The molecule has 3 aromatic carbocycles. The van der Waals surface area contributed by atoms with E-state index in [1.165, 1.54) is 86.5 Å². The second-order valence-electron chi connectivity index (χ2n) is 8.89. The Morgan fingerprint density at radius 2 is 1.17 bits per heavy atom. The number of hydrogen-bond acceptors (Lipinski definition) is 0. The fraction of sp³-hybridized carbons (Fsp3) is 0.448. The lowest BCUT2D eigenvalue weighted by Crippen LogP contribution is -2.50. The molecular formula is C29H40N+. The molecule has 0 unspecified atom stereocenters. The highest BCUT2D eigenvalue weighted by molar-refractivity contribution is 5.85. The van der Waals surface area contributed by atoms with Gasteiger partial charge in [0, 0.05) is 11.6 Å². The first-order valence-electron chi connectivity index (χ1n) is 12.2. The van der Waals surface area contributed by atoms with Crippen LogP contribution in [0.25, 0.3) is 10.8 Å². The number of nitrogens with zero attached hydrogens (tertiary/aromatic N) is 1. The van der Waals surface area contributed by atoms with E-state index in [1.54, 1.807) is 0 Å². The summed E-state index contributed by atoms with van der Waals surface area (Å²) in [7, 11) is 0. The molecule has 1 heteroatoms. The summed E-state index contributed by atoms with van der Waals surface area (Å²) in [5.41, 5.74) is 2.95. The lowest BCUT2D eigenvalue weighted by molar-refractivity contribution is 0.251. The highest BCUT2D eigenvalue weighted by atomic mass is 15.4. The van der Waals surface area contributed by atoms with Gasteiger partial charge in [0.15, 0.2) is 0 Å². The average molecular weight is 403 g/mol. The second-order valence-corrected chi connectivity index (χ2v) is 8.89. The Morgan fingerprint density at radius 1 is 0.567 bits per heavy atom. The molecule has 0 atom stereocenters. The number of benzene rings is 3. The molecule has 0 aliphatic carbocycles. The monoisotopic (exact) mass is 402 g/mol. The Bertz CT molecular complexity index is 856. The minimum atomic E-state index is 1.09. The number of unbranched alkanes of at least 4 members (excludes halogenated alkanes) is 6. The van der Waals surface area contributed by atoms with Gasteiger partial charge in [-0.15, -0.1) is 0 Å². The standard InChI is InChI=1S/C29H40N/c1-3-5-7-14-22-30(23-15-8-6-4-2,25-26-16-10-9-11-17-26)29-21-20-27-18-12-13-19-28(27)24-29/h9-13,16-21,24H,3-8,14-15,22-23,25H2,1-2H3/q+1. The van der Waals surface area contributed by atoms with Crippen molar-refractivity contribution in [2.45, 2.75) is 71.8 Å². The molecule has 0 aromatic heterocycles. The summed E-state index contributed by atoms with van der Waals surface area (Å²) in [6.07, 6.45) is 10.6. The molecule has 160 valence electrons. The Balaban J connectivity index is 1.96. The van der Waals surface area contributed by atoms with Gasteiger partial charge >= 0.3 is 0 Å². The smallest absolute Gasteiger partial charge is 0.133 e. The van der Waals surface area contributed by atoms with Crippen molar-refractivity contribution in [2.24, 2.45) is 0 Å². The van der Waals surface area contributed by atoms with Gasteiger partial charge in [-0.2, -0.15) is 0 Å². The van der Waals surface area contributed by atoms with Crippen molar-refractivity contribution in [1.29, 1.82) is 0 Å². The Hall–Kier alpha value is -2.12. The molecule has 0 radical (unpaired) electrons. The van der Waals surface area contributed by atoms with Crippen LogP contribution in [0.4, 0.5) is 5.69 Å². The summed E-state index contributed by atoms with van der Waals surface area (Å²) in [6, 6.07) is 27.2. The van der Waals surface area contributed by atoms with Gasteiger partial charge in [-0.05, 0) is 48.6 Å². The van der Waals surface area contributed by atoms with Gasteiger partial charge in [0.25, 0.3) is 0 Å². The Kier molecular flexibility index (Phi) is 8.96. The zero-order valence-electron chi connectivity index (χ0n) is 19.2. The summed E-state index contributed by atoms with van der Waals surface area (Å²) < 4.78 is 1.09. The van der Waals surface area contributed by atoms with Crippen LogP contribution in [0.15, 0.2) is 72.8 Å². The van der Waals surface area contributed by atoms with Crippen molar-refractivity contribution in [3.8, 4) is 0 Å². The van der Waals surface area contributed by atoms with Gasteiger partial charge in [-0.3, -0.25) is 4.48 Å². The topological polar surface area (TPSA) is 0 Å². The van der Waals surface area contributed by atoms with E-state index in [1.807, 2.05) is 0 Å². The molecule has 30 heavy (non-hydrogen) atoms. The van der Waals surface area contributed by atoms with E-state index in [4.69, 9.17) is 0 Å². The summed E-state index contributed by atoms with van der Waals surface area (Å²) in [5.74, 6) is 0. The van der Waals surface area contributed by atoms with Crippen LogP contribution in [0.2, 0.25) is 0 Å². The Morgan fingerprint density at radius 3 is 1.80 bits per heavy atom. The fourth-order valence-electron chi connectivity index (χ4n) is 4.71. The maximum absolute atomic E-state index is 2.47. The molecule has 3 rings (SSSR count). The van der Waals surface area contributed by atoms with Gasteiger partial charge in [-0.25, -0.2) is 0 Å². The Labute approximate surface area is 184 Å². The van der Waals surface area contributed by atoms with Crippen LogP contribution in [-0.4, -0.2) is 13.1 Å². The fourth-order valence-corrected chi connectivity index (χ4v) is 4.71. The number of hydrogen-bond donors (Lipinski definition) is 0. The van der Waals surface area contributed by atoms with Crippen molar-refractivity contribution in [3.05, 3.63) is 78.4 Å². The maximum atomic E-state index is 2.47. The number of rotatable bonds is 13. The third kappa shape index (κ3) is 6.19. The molecule has 0 aliphatic heterocycles. The van der Waals surface area contributed by atoms with Gasteiger partial charge in [0.05, 0.1) is 13.1 Å². The summed E-state index contributed by atoms with van der Waals surface area (Å²) in [4.78, 5) is 0. The number of quaternary nitrogens is 1. The quantitative estimate of drug-likeness (QED) is 0.198. The third-order valence-corrected chi connectivity index (χ3v) is 6.49. The van der Waals surface area contributed by atoms with E-state index < -0.39 is 0 Å². The lowest BCUT2D eigenvalue weighted by atomic mass is 10.0. The van der Waals surface area contributed by atoms with Crippen LogP contribution in [0.5, 0.6) is 0 Å². The predicted molar refractivity (Wildman–Crippen MR) is 134 cm³/mol. The molecule has 0 saturated carbocycles. The molecule has 3 aromatic rings. The van der Waals surface area contributed by atoms with Gasteiger partial charge in [-0.1, -0.05) is 94.1 Å². The van der Waals surface area contributed by atoms with Crippen molar-refractivity contribution in [2.75, 3.05) is 13.1 Å². The largest absolute Gasteiger partial charge is 0.287 e. The molecular weight excluding hydrogens is 362 g/mol. The van der Waals surface area contributed by atoms with E-state index >= 15 is 0 Å². The van der Waals surface area contributed by atoms with Crippen molar-refractivity contribution in [3.63, 3.8) is 0 Å². The number of fused-ring (bicyclic) bond motifs is 1. The minimum Gasteiger partial charge on any atom is -0.287 e. The molecule has 0 saturated heterocycles. The maximum Gasteiger partial charge on any atom is 0.133 e. The zero-order valence-corrected chi connectivity index (χ0v) is 19.2. The van der Waals surface area contributed by atoms with Crippen LogP contribution in [0, 0.1) is 0 Å². The predicted octanol–water partition coefficient (Wildman–Crippen LogP) is 8.51. The lowest BCUT2D eigenvalue weighted by Gasteiger charge is -2.39. The highest BCUT2D eigenvalue weighted by Crippen LogP contribution is 2.32. The minimum absolute atomic E-state index is 1.09. The van der Waals surface area contributed by atoms with Crippen molar-refractivity contribution >= 4 is 16.5 Å². The van der Waals surface area contributed by atoms with E-state index in [0.29, 0.717) is 0 Å². The third-order valence-electron chi connectivity index (χ3n) is 6.49. The summed E-state index contributed by atoms with van der Waals surface area (Å²) in [6.45, 7) is 8.18. The second kappa shape index (κ2) is 11.9. The molecule has 0 amide bonds. The molecule has 0 heterocycles. The SMILES string of the molecule is CCCCCC[N+](CCCCCC)(Cc1ccccc1)c1ccc2ccccc2c1. The van der Waals surface area contributed by atoms with Crippen LogP contribution < -0.4 is 4.48 Å². The zero-order chi connectivity index (χ0) is 21.1. The average Bonchev–Trinajstić information content (AvgIpc) is 2.79. The van der Waals surface area contributed by atoms with Gasteiger partial charge < -0.3 is 0 Å². The van der Waals surface area contributed by atoms with E-state index in [0.717, 1.165) is 11.0 Å². The highest BCUT2D eigenvalue weighted by Gasteiger charge is 2.30. The molecule has 0 spiro atoms. The van der Waals surface area contributed by atoms with E-state index in [2.05, 4.69) is 86.6 Å². The van der Waals surface area contributed by atoms with Crippen LogP contribution in [-0.2, 0) is 6.54 Å². The first-order chi connectivity index (χ1) is 14.8. The van der Waals surface area contributed by atoms with E-state index in [-0.39, 0.29) is 0 Å². The first-order valence-corrected chi connectivity index (χ1v) is 12.2. The first kappa shape index (κ1) is 22.6.